The highest BCUT2D eigenvalue weighted by Crippen LogP contribution is 2.07. The quantitative estimate of drug-likeness (QED) is 0.336. The molecule has 0 saturated heterocycles. The summed E-state index contributed by atoms with van der Waals surface area (Å²) in [6.45, 7) is 3.54. The third-order valence-electron chi connectivity index (χ3n) is 4.06. The smallest absolute Gasteiger partial charge is 0.408 e. The molecule has 0 radical (unpaired) electrons. The van der Waals surface area contributed by atoms with Gasteiger partial charge in [-0.05, 0) is 17.9 Å². The zero-order valence-corrected chi connectivity index (χ0v) is 17.5. The monoisotopic (exact) mass is 420 g/mol. The molecule has 0 aliphatic rings. The standard InChI is InChI=1S/C21H28N2O7/c1-14(2)18(23-21(27)30-13-15-9-6-5-7-10-15)19(25)22-16(20(26)29-4)11-8-12-17(24)28-3/h5-10,12,14,16,18H,11,13H2,1-4H3,(H,22,25)(H,23,27)/b12-8+/t16-,18-/m1/s1. The maximum atomic E-state index is 12.7. The van der Waals surface area contributed by atoms with E-state index in [1.807, 2.05) is 30.3 Å². The Morgan fingerprint density at radius 2 is 1.67 bits per heavy atom. The molecule has 2 N–H and O–H groups in total. The van der Waals surface area contributed by atoms with Gasteiger partial charge in [-0.3, -0.25) is 4.79 Å². The molecule has 2 atom stereocenters. The van der Waals surface area contributed by atoms with Gasteiger partial charge in [-0.25, -0.2) is 14.4 Å². The Labute approximate surface area is 175 Å². The Kier molecular flexibility index (Phi) is 10.7. The number of hydrogen-bond acceptors (Lipinski definition) is 7. The van der Waals surface area contributed by atoms with Gasteiger partial charge in [-0.2, -0.15) is 0 Å². The van der Waals surface area contributed by atoms with E-state index in [-0.39, 0.29) is 18.9 Å². The number of benzene rings is 1. The number of alkyl carbamates (subject to hydrolysis) is 1. The van der Waals surface area contributed by atoms with Crippen LogP contribution in [0.5, 0.6) is 0 Å². The first-order chi connectivity index (χ1) is 14.3. The average Bonchev–Trinajstić information content (AvgIpc) is 2.74. The van der Waals surface area contributed by atoms with Gasteiger partial charge in [0.1, 0.15) is 18.7 Å². The van der Waals surface area contributed by atoms with E-state index in [0.717, 1.165) is 11.6 Å². The summed E-state index contributed by atoms with van der Waals surface area (Å²) in [6.07, 6.45) is 1.78. The highest BCUT2D eigenvalue weighted by atomic mass is 16.5. The summed E-state index contributed by atoms with van der Waals surface area (Å²) < 4.78 is 14.3. The molecule has 30 heavy (non-hydrogen) atoms. The fourth-order valence-electron chi connectivity index (χ4n) is 2.41. The highest BCUT2D eigenvalue weighted by Gasteiger charge is 2.29. The number of amides is 2. The SMILES string of the molecule is COC(=O)/C=C/C[C@@H](NC(=O)[C@H](NC(=O)OCc1ccccc1)C(C)C)C(=O)OC. The summed E-state index contributed by atoms with van der Waals surface area (Å²) in [5.41, 5.74) is 0.807. The van der Waals surface area contributed by atoms with Gasteiger partial charge in [-0.1, -0.05) is 50.3 Å². The average molecular weight is 420 g/mol. The van der Waals surface area contributed by atoms with Gasteiger partial charge in [0.25, 0.3) is 0 Å². The summed E-state index contributed by atoms with van der Waals surface area (Å²) in [4.78, 5) is 47.9. The van der Waals surface area contributed by atoms with Crippen LogP contribution in [-0.4, -0.2) is 50.2 Å². The van der Waals surface area contributed by atoms with Crippen LogP contribution in [0.3, 0.4) is 0 Å². The summed E-state index contributed by atoms with van der Waals surface area (Å²) in [7, 11) is 2.41. The Bertz CT molecular complexity index is 747. The molecule has 1 aromatic carbocycles. The normalized spacial score (nSPS) is 12.7. The maximum Gasteiger partial charge on any atom is 0.408 e. The zero-order valence-electron chi connectivity index (χ0n) is 17.5. The van der Waals surface area contributed by atoms with Gasteiger partial charge in [0.15, 0.2) is 0 Å². The van der Waals surface area contributed by atoms with E-state index < -0.39 is 36.0 Å². The number of carbonyl (C=O) groups excluding carboxylic acids is 4. The molecule has 0 unspecified atom stereocenters. The third-order valence-corrected chi connectivity index (χ3v) is 4.06. The van der Waals surface area contributed by atoms with E-state index in [2.05, 4.69) is 15.4 Å². The lowest BCUT2D eigenvalue weighted by molar-refractivity contribution is -0.145. The Balaban J connectivity index is 2.72. The lowest BCUT2D eigenvalue weighted by atomic mass is 10.0. The van der Waals surface area contributed by atoms with Crippen molar-refractivity contribution in [3.05, 3.63) is 48.0 Å². The van der Waals surface area contributed by atoms with Crippen molar-refractivity contribution in [2.45, 2.75) is 39.0 Å². The van der Waals surface area contributed by atoms with Gasteiger partial charge in [0, 0.05) is 6.08 Å². The number of carbonyl (C=O) groups is 4. The van der Waals surface area contributed by atoms with Crippen LogP contribution >= 0.6 is 0 Å². The fourth-order valence-corrected chi connectivity index (χ4v) is 2.41. The molecule has 1 rings (SSSR count). The van der Waals surface area contributed by atoms with Crippen LogP contribution in [0.2, 0.25) is 0 Å². The van der Waals surface area contributed by atoms with Crippen LogP contribution in [0.4, 0.5) is 4.79 Å². The first-order valence-corrected chi connectivity index (χ1v) is 9.38. The molecule has 0 aliphatic carbocycles. The number of hydrogen-bond donors (Lipinski definition) is 2. The largest absolute Gasteiger partial charge is 0.467 e. The molecule has 0 heterocycles. The maximum absolute atomic E-state index is 12.7. The summed E-state index contributed by atoms with van der Waals surface area (Å²) in [5, 5.41) is 5.05. The van der Waals surface area contributed by atoms with E-state index in [9.17, 15) is 19.2 Å². The second-order valence-corrected chi connectivity index (χ2v) is 6.67. The fraction of sp³-hybridized carbons (Fsp3) is 0.429. The van der Waals surface area contributed by atoms with Crippen LogP contribution in [-0.2, 0) is 35.2 Å². The van der Waals surface area contributed by atoms with Crippen molar-refractivity contribution in [1.29, 1.82) is 0 Å². The van der Waals surface area contributed by atoms with Crippen LogP contribution in [0, 0.1) is 5.92 Å². The second-order valence-electron chi connectivity index (χ2n) is 6.67. The van der Waals surface area contributed by atoms with Crippen molar-refractivity contribution in [3.63, 3.8) is 0 Å². The van der Waals surface area contributed by atoms with E-state index in [1.165, 1.54) is 20.3 Å². The molecular formula is C21H28N2O7. The van der Waals surface area contributed by atoms with Gasteiger partial charge < -0.3 is 24.8 Å². The number of nitrogens with one attached hydrogen (secondary N) is 2. The van der Waals surface area contributed by atoms with Gasteiger partial charge >= 0.3 is 18.0 Å². The first-order valence-electron chi connectivity index (χ1n) is 9.38. The molecule has 1 aromatic rings. The number of ether oxygens (including phenoxy) is 3. The van der Waals surface area contributed by atoms with Crippen molar-refractivity contribution in [2.75, 3.05) is 14.2 Å². The minimum Gasteiger partial charge on any atom is -0.467 e. The van der Waals surface area contributed by atoms with E-state index in [4.69, 9.17) is 9.47 Å². The van der Waals surface area contributed by atoms with Gasteiger partial charge in [0.2, 0.25) is 5.91 Å². The van der Waals surface area contributed by atoms with Gasteiger partial charge in [-0.15, -0.1) is 0 Å². The van der Waals surface area contributed by atoms with Crippen molar-refractivity contribution < 1.29 is 33.4 Å². The third kappa shape index (κ3) is 8.76. The molecule has 9 nitrogen and oxygen atoms in total. The number of rotatable bonds is 10. The summed E-state index contributed by atoms with van der Waals surface area (Å²) in [5.74, 6) is -2.14. The molecular weight excluding hydrogens is 392 g/mol. The molecule has 164 valence electrons. The number of methoxy groups -OCH3 is 2. The van der Waals surface area contributed by atoms with E-state index >= 15 is 0 Å². The Morgan fingerprint density at radius 1 is 1.00 bits per heavy atom. The van der Waals surface area contributed by atoms with Crippen LogP contribution < -0.4 is 10.6 Å². The highest BCUT2D eigenvalue weighted by molar-refractivity contribution is 5.90. The first kappa shape index (κ1) is 24.7. The molecule has 9 heteroatoms. The Hall–Kier alpha value is -3.36. The van der Waals surface area contributed by atoms with Gasteiger partial charge in [0.05, 0.1) is 14.2 Å². The molecule has 0 fully saturated rings. The number of esters is 2. The predicted octanol–water partition coefficient (Wildman–Crippen LogP) is 1.71. The minimum atomic E-state index is -1.04. The second kappa shape index (κ2) is 13.0. The van der Waals surface area contributed by atoms with Crippen LogP contribution in [0.1, 0.15) is 25.8 Å². The molecule has 0 aromatic heterocycles. The molecule has 2 amide bonds. The van der Waals surface area contributed by atoms with Crippen molar-refractivity contribution in [3.8, 4) is 0 Å². The van der Waals surface area contributed by atoms with E-state index in [1.54, 1.807) is 13.8 Å². The van der Waals surface area contributed by atoms with Crippen molar-refractivity contribution >= 4 is 23.9 Å². The van der Waals surface area contributed by atoms with Crippen LogP contribution in [0.25, 0.3) is 0 Å². The lowest BCUT2D eigenvalue weighted by Crippen LogP contribution is -2.53. The Morgan fingerprint density at radius 3 is 2.23 bits per heavy atom. The van der Waals surface area contributed by atoms with Crippen LogP contribution in [0.15, 0.2) is 42.5 Å². The topological polar surface area (TPSA) is 120 Å². The lowest BCUT2D eigenvalue weighted by Gasteiger charge is -2.24. The predicted molar refractivity (Wildman–Crippen MR) is 108 cm³/mol. The van der Waals surface area contributed by atoms with Crippen molar-refractivity contribution in [2.24, 2.45) is 5.92 Å². The molecule has 0 aliphatic heterocycles. The molecule has 0 spiro atoms. The molecule has 0 bridgehead atoms. The minimum absolute atomic E-state index is 0.0107. The van der Waals surface area contributed by atoms with E-state index in [0.29, 0.717) is 0 Å². The van der Waals surface area contributed by atoms with Crippen molar-refractivity contribution in [1.82, 2.24) is 10.6 Å². The summed E-state index contributed by atoms with van der Waals surface area (Å²) >= 11 is 0. The zero-order chi connectivity index (χ0) is 22.5. The summed E-state index contributed by atoms with van der Waals surface area (Å²) in [6, 6.07) is 7.13. The molecule has 0 saturated carbocycles.